The third-order valence-corrected chi connectivity index (χ3v) is 6.15. The zero-order valence-corrected chi connectivity index (χ0v) is 17.9. The van der Waals surface area contributed by atoms with Gasteiger partial charge in [0.15, 0.2) is 0 Å². The molecule has 0 saturated carbocycles. The molecule has 3 aromatic rings. The molecule has 0 unspecified atom stereocenters. The van der Waals surface area contributed by atoms with E-state index in [-0.39, 0.29) is 11.8 Å². The van der Waals surface area contributed by atoms with E-state index in [4.69, 9.17) is 11.6 Å². The van der Waals surface area contributed by atoms with Gasteiger partial charge in [-0.15, -0.1) is 11.3 Å². The Hall–Kier alpha value is -2.48. The molecule has 1 aliphatic heterocycles. The number of carbonyl (C=O) groups excluding carboxylic acids is 1. The fourth-order valence-electron chi connectivity index (χ4n) is 3.33. The highest BCUT2D eigenvalue weighted by molar-refractivity contribution is 7.09. The summed E-state index contributed by atoms with van der Waals surface area (Å²) in [6.07, 6.45) is 0. The van der Waals surface area contributed by atoms with Crippen molar-refractivity contribution in [3.63, 3.8) is 0 Å². The first-order chi connectivity index (χ1) is 14.6. The Morgan fingerprint density at radius 1 is 1.07 bits per heavy atom. The number of aromatic nitrogens is 1. The minimum Gasteiger partial charge on any atom is -0.334 e. The molecule has 2 aromatic carbocycles. The number of benzene rings is 2. The molecule has 1 saturated heterocycles. The van der Waals surface area contributed by atoms with Gasteiger partial charge >= 0.3 is 6.03 Å². The van der Waals surface area contributed by atoms with Crippen LogP contribution in [0.1, 0.15) is 10.6 Å². The molecule has 1 aliphatic rings. The molecular weight excluding hydrogens is 423 g/mol. The van der Waals surface area contributed by atoms with Gasteiger partial charge in [-0.05, 0) is 42.0 Å². The molecule has 0 spiro atoms. The molecule has 1 fully saturated rings. The quantitative estimate of drug-likeness (QED) is 0.624. The third-order valence-electron chi connectivity index (χ3n) is 5.07. The predicted molar refractivity (Wildman–Crippen MR) is 118 cm³/mol. The normalized spacial score (nSPS) is 14.7. The zero-order chi connectivity index (χ0) is 20.9. The van der Waals surface area contributed by atoms with Gasteiger partial charge in [0.05, 0.1) is 12.2 Å². The van der Waals surface area contributed by atoms with Crippen LogP contribution < -0.4 is 5.32 Å². The van der Waals surface area contributed by atoms with Gasteiger partial charge in [-0.2, -0.15) is 0 Å². The topological polar surface area (TPSA) is 48.5 Å². The molecular formula is C22H22ClFN4OS. The number of nitrogens with one attached hydrogen (secondary N) is 1. The first kappa shape index (κ1) is 20.8. The average Bonchev–Trinajstić information content (AvgIpc) is 3.22. The Labute approximate surface area is 184 Å². The van der Waals surface area contributed by atoms with Crippen molar-refractivity contribution in [2.75, 3.05) is 26.2 Å². The number of nitrogens with zero attached hydrogens (tertiary/aromatic N) is 3. The Kier molecular flexibility index (Phi) is 6.62. The maximum atomic E-state index is 13.1. The molecule has 5 nitrogen and oxygen atoms in total. The van der Waals surface area contributed by atoms with Crippen LogP contribution in [0.25, 0.3) is 11.3 Å². The molecule has 1 aromatic heterocycles. The van der Waals surface area contributed by atoms with Crippen molar-refractivity contribution in [2.45, 2.75) is 13.1 Å². The van der Waals surface area contributed by atoms with Crippen LogP contribution in [0, 0.1) is 5.82 Å². The van der Waals surface area contributed by atoms with E-state index in [1.54, 1.807) is 23.5 Å². The Bertz CT molecular complexity index is 985. The minimum absolute atomic E-state index is 0.0440. The van der Waals surface area contributed by atoms with E-state index >= 15 is 0 Å². The molecule has 30 heavy (non-hydrogen) atoms. The van der Waals surface area contributed by atoms with Gasteiger partial charge in [-0.1, -0.05) is 23.7 Å². The van der Waals surface area contributed by atoms with E-state index in [2.05, 4.69) is 15.2 Å². The van der Waals surface area contributed by atoms with Gasteiger partial charge < -0.3 is 10.2 Å². The fourth-order valence-corrected chi connectivity index (χ4v) is 4.30. The van der Waals surface area contributed by atoms with E-state index < -0.39 is 0 Å². The van der Waals surface area contributed by atoms with Gasteiger partial charge in [-0.3, -0.25) is 4.90 Å². The lowest BCUT2D eigenvalue weighted by Crippen LogP contribution is -2.51. The van der Waals surface area contributed by atoms with Crippen molar-refractivity contribution in [1.82, 2.24) is 20.1 Å². The predicted octanol–water partition coefficient (Wildman–Crippen LogP) is 4.63. The number of piperazine rings is 1. The lowest BCUT2D eigenvalue weighted by molar-refractivity contribution is 0.135. The van der Waals surface area contributed by atoms with Gasteiger partial charge in [0.2, 0.25) is 0 Å². The first-order valence-electron chi connectivity index (χ1n) is 9.77. The Balaban J connectivity index is 1.24. The maximum absolute atomic E-state index is 13.1. The van der Waals surface area contributed by atoms with Crippen LogP contribution in [0.5, 0.6) is 0 Å². The van der Waals surface area contributed by atoms with Crippen LogP contribution in [0.15, 0.2) is 53.9 Å². The molecule has 0 bridgehead atoms. The summed E-state index contributed by atoms with van der Waals surface area (Å²) in [6.45, 7) is 4.22. The minimum atomic E-state index is -0.246. The highest BCUT2D eigenvalue weighted by atomic mass is 35.5. The van der Waals surface area contributed by atoms with Crippen molar-refractivity contribution in [3.8, 4) is 11.3 Å². The van der Waals surface area contributed by atoms with Crippen molar-refractivity contribution < 1.29 is 9.18 Å². The molecule has 2 heterocycles. The van der Waals surface area contributed by atoms with Crippen LogP contribution in [0.3, 0.4) is 0 Å². The van der Waals surface area contributed by atoms with Crippen LogP contribution in [-0.4, -0.2) is 47.0 Å². The molecule has 156 valence electrons. The van der Waals surface area contributed by atoms with Gasteiger partial charge in [0.1, 0.15) is 10.8 Å². The molecule has 1 N–H and O–H groups in total. The standard InChI is InChI=1S/C22H22ClFN4OS/c23-18-5-1-16(2-6-18)13-25-22(29)28-11-9-27(10-12-28)14-21-26-20(15-30-21)17-3-7-19(24)8-4-17/h1-8,15H,9-14H2,(H,25,29). The second kappa shape index (κ2) is 9.55. The fraction of sp³-hybridized carbons (Fsp3) is 0.273. The number of urea groups is 1. The van der Waals surface area contributed by atoms with E-state index in [0.29, 0.717) is 24.7 Å². The molecule has 0 atom stereocenters. The van der Waals surface area contributed by atoms with Crippen LogP contribution in [0.4, 0.5) is 9.18 Å². The average molecular weight is 445 g/mol. The SMILES string of the molecule is O=C(NCc1ccc(Cl)cc1)N1CCN(Cc2nc(-c3ccc(F)cc3)cs2)CC1. The molecule has 8 heteroatoms. The number of rotatable bonds is 5. The number of thiazole rings is 1. The summed E-state index contributed by atoms with van der Waals surface area (Å²) >= 11 is 7.50. The van der Waals surface area contributed by atoms with Gasteiger partial charge in [0, 0.05) is 48.7 Å². The lowest BCUT2D eigenvalue weighted by atomic mass is 10.2. The summed E-state index contributed by atoms with van der Waals surface area (Å²) in [5.41, 5.74) is 2.81. The number of hydrogen-bond acceptors (Lipinski definition) is 4. The highest BCUT2D eigenvalue weighted by Crippen LogP contribution is 2.23. The smallest absolute Gasteiger partial charge is 0.317 e. The van der Waals surface area contributed by atoms with E-state index in [0.717, 1.165) is 41.5 Å². The highest BCUT2D eigenvalue weighted by Gasteiger charge is 2.21. The van der Waals surface area contributed by atoms with E-state index in [9.17, 15) is 9.18 Å². The number of carbonyl (C=O) groups is 1. The van der Waals surface area contributed by atoms with Crippen LogP contribution in [-0.2, 0) is 13.1 Å². The Morgan fingerprint density at radius 2 is 1.77 bits per heavy atom. The second-order valence-electron chi connectivity index (χ2n) is 7.18. The monoisotopic (exact) mass is 444 g/mol. The third kappa shape index (κ3) is 5.36. The summed E-state index contributed by atoms with van der Waals surface area (Å²) < 4.78 is 13.1. The molecule has 0 aliphatic carbocycles. The largest absolute Gasteiger partial charge is 0.334 e. The first-order valence-corrected chi connectivity index (χ1v) is 11.0. The van der Waals surface area contributed by atoms with Crippen molar-refractivity contribution in [1.29, 1.82) is 0 Å². The number of hydrogen-bond donors (Lipinski definition) is 1. The summed E-state index contributed by atoms with van der Waals surface area (Å²) in [4.78, 5) is 21.2. The summed E-state index contributed by atoms with van der Waals surface area (Å²) in [6, 6.07) is 13.8. The zero-order valence-electron chi connectivity index (χ0n) is 16.4. The second-order valence-corrected chi connectivity index (χ2v) is 8.56. The summed E-state index contributed by atoms with van der Waals surface area (Å²) in [5.74, 6) is -0.246. The van der Waals surface area contributed by atoms with Gasteiger partial charge in [-0.25, -0.2) is 14.2 Å². The number of halogens is 2. The molecule has 4 rings (SSSR count). The van der Waals surface area contributed by atoms with Crippen molar-refractivity contribution in [2.24, 2.45) is 0 Å². The molecule has 2 amide bonds. The van der Waals surface area contributed by atoms with E-state index in [1.807, 2.05) is 34.5 Å². The van der Waals surface area contributed by atoms with Crippen molar-refractivity contribution in [3.05, 3.63) is 75.3 Å². The maximum Gasteiger partial charge on any atom is 0.317 e. The molecule has 0 radical (unpaired) electrons. The van der Waals surface area contributed by atoms with Crippen LogP contribution in [0.2, 0.25) is 5.02 Å². The summed E-state index contributed by atoms with van der Waals surface area (Å²) in [5, 5.41) is 6.68. The van der Waals surface area contributed by atoms with Gasteiger partial charge in [0.25, 0.3) is 0 Å². The Morgan fingerprint density at radius 3 is 2.47 bits per heavy atom. The van der Waals surface area contributed by atoms with Crippen molar-refractivity contribution >= 4 is 29.0 Å². The number of amides is 2. The van der Waals surface area contributed by atoms with Crippen LogP contribution >= 0.6 is 22.9 Å². The lowest BCUT2D eigenvalue weighted by Gasteiger charge is -2.34. The van der Waals surface area contributed by atoms with E-state index in [1.165, 1.54) is 12.1 Å². The summed E-state index contributed by atoms with van der Waals surface area (Å²) in [7, 11) is 0.